The molecule has 0 bridgehead atoms. The first-order valence-electron chi connectivity index (χ1n) is 5.37. The average molecular weight is 234 g/mol. The zero-order valence-electron chi connectivity index (χ0n) is 9.53. The predicted octanol–water partition coefficient (Wildman–Crippen LogP) is 1.57. The van der Waals surface area contributed by atoms with Crippen LogP contribution in [0, 0.1) is 0 Å². The number of amides is 1. The molecular formula is C12H14N2O3. The Balaban J connectivity index is 2.52. The lowest BCUT2D eigenvalue weighted by molar-refractivity contribution is 0.0915. The Morgan fingerprint density at radius 3 is 2.94 bits per heavy atom. The van der Waals surface area contributed by atoms with Crippen molar-refractivity contribution in [1.29, 1.82) is 0 Å². The van der Waals surface area contributed by atoms with Crippen molar-refractivity contribution in [2.45, 2.75) is 13.5 Å². The van der Waals surface area contributed by atoms with Crippen molar-refractivity contribution >= 4 is 16.9 Å². The second-order valence-corrected chi connectivity index (χ2v) is 3.52. The zero-order chi connectivity index (χ0) is 12.3. The fourth-order valence-electron chi connectivity index (χ4n) is 1.70. The van der Waals surface area contributed by atoms with Crippen molar-refractivity contribution in [3.63, 3.8) is 0 Å². The quantitative estimate of drug-likeness (QED) is 0.478. The van der Waals surface area contributed by atoms with Crippen LogP contribution in [0.15, 0.2) is 28.7 Å². The zero-order valence-corrected chi connectivity index (χ0v) is 9.53. The molecule has 90 valence electrons. The van der Waals surface area contributed by atoms with Crippen LogP contribution < -0.4 is 11.3 Å². The minimum atomic E-state index is -0.448. The van der Waals surface area contributed by atoms with E-state index in [2.05, 4.69) is 5.43 Å². The van der Waals surface area contributed by atoms with Gasteiger partial charge in [-0.3, -0.25) is 10.2 Å². The smallest absolute Gasteiger partial charge is 0.301 e. The van der Waals surface area contributed by atoms with Crippen LogP contribution in [-0.4, -0.2) is 12.5 Å². The molecule has 0 fully saturated rings. The largest absolute Gasteiger partial charge is 0.450 e. The molecule has 0 atom stereocenters. The molecule has 2 rings (SSSR count). The predicted molar refractivity (Wildman–Crippen MR) is 63.2 cm³/mol. The summed E-state index contributed by atoms with van der Waals surface area (Å²) in [6.45, 7) is 2.80. The lowest BCUT2D eigenvalue weighted by Crippen LogP contribution is -2.30. The normalized spacial score (nSPS) is 10.7. The van der Waals surface area contributed by atoms with E-state index in [4.69, 9.17) is 15.0 Å². The molecular weight excluding hydrogens is 220 g/mol. The number of carbonyl (C=O) groups is 1. The van der Waals surface area contributed by atoms with E-state index in [-0.39, 0.29) is 5.76 Å². The summed E-state index contributed by atoms with van der Waals surface area (Å²) in [5, 5.41) is 0.875. The van der Waals surface area contributed by atoms with Crippen molar-refractivity contribution in [3.8, 4) is 0 Å². The molecule has 1 aromatic heterocycles. The molecule has 2 aromatic rings. The number of benzene rings is 1. The van der Waals surface area contributed by atoms with Crippen LogP contribution in [0.5, 0.6) is 0 Å². The summed E-state index contributed by atoms with van der Waals surface area (Å²) in [4.78, 5) is 11.6. The van der Waals surface area contributed by atoms with Crippen LogP contribution in [0.4, 0.5) is 0 Å². The van der Waals surface area contributed by atoms with Crippen LogP contribution in [0.2, 0.25) is 0 Å². The third kappa shape index (κ3) is 2.15. The highest BCUT2D eigenvalue weighted by molar-refractivity contribution is 5.98. The first-order chi connectivity index (χ1) is 8.27. The molecule has 0 aliphatic rings. The summed E-state index contributed by atoms with van der Waals surface area (Å²) < 4.78 is 10.8. The number of rotatable bonds is 4. The summed E-state index contributed by atoms with van der Waals surface area (Å²) in [5.74, 6) is 4.89. The van der Waals surface area contributed by atoms with Gasteiger partial charge in [0, 0.05) is 17.6 Å². The topological polar surface area (TPSA) is 77.5 Å². The number of hydrogen-bond acceptors (Lipinski definition) is 4. The fourth-order valence-corrected chi connectivity index (χ4v) is 1.70. The van der Waals surface area contributed by atoms with E-state index in [1.54, 1.807) is 6.07 Å². The number of nitrogens with two attached hydrogens (primary N) is 1. The van der Waals surface area contributed by atoms with Gasteiger partial charge in [0.1, 0.15) is 5.58 Å². The lowest BCUT2D eigenvalue weighted by atomic mass is 10.1. The Hall–Kier alpha value is -1.85. The number of hydrazine groups is 1. The molecule has 5 nitrogen and oxygen atoms in total. The number of carbonyl (C=O) groups excluding carboxylic acids is 1. The number of furan rings is 1. The second-order valence-electron chi connectivity index (χ2n) is 3.52. The maximum Gasteiger partial charge on any atom is 0.301 e. The van der Waals surface area contributed by atoms with Gasteiger partial charge in [0.25, 0.3) is 0 Å². The van der Waals surface area contributed by atoms with Crippen LogP contribution in [0.1, 0.15) is 23.0 Å². The second kappa shape index (κ2) is 4.99. The van der Waals surface area contributed by atoms with Crippen LogP contribution in [0.25, 0.3) is 11.0 Å². The van der Waals surface area contributed by atoms with Gasteiger partial charge in [-0.2, -0.15) is 0 Å². The highest BCUT2D eigenvalue weighted by Gasteiger charge is 2.19. The molecule has 0 saturated heterocycles. The van der Waals surface area contributed by atoms with Crippen molar-refractivity contribution in [3.05, 3.63) is 35.6 Å². The van der Waals surface area contributed by atoms with E-state index in [0.717, 1.165) is 10.9 Å². The first kappa shape index (κ1) is 11.6. The summed E-state index contributed by atoms with van der Waals surface area (Å²) in [6, 6.07) is 7.43. The molecule has 0 aliphatic heterocycles. The SMILES string of the molecule is CCOCc1c(C(=O)NN)oc2ccccc12. The number of para-hydroxylation sites is 1. The van der Waals surface area contributed by atoms with Gasteiger partial charge in [0.2, 0.25) is 0 Å². The van der Waals surface area contributed by atoms with E-state index in [1.807, 2.05) is 25.1 Å². The van der Waals surface area contributed by atoms with E-state index >= 15 is 0 Å². The van der Waals surface area contributed by atoms with Gasteiger partial charge in [-0.05, 0) is 13.0 Å². The Labute approximate surface area is 98.5 Å². The van der Waals surface area contributed by atoms with Crippen LogP contribution in [-0.2, 0) is 11.3 Å². The molecule has 0 saturated carbocycles. The summed E-state index contributed by atoms with van der Waals surface area (Å²) in [5.41, 5.74) is 3.45. The van der Waals surface area contributed by atoms with Crippen molar-refractivity contribution in [2.75, 3.05) is 6.61 Å². The summed E-state index contributed by atoms with van der Waals surface area (Å²) >= 11 is 0. The monoisotopic (exact) mass is 234 g/mol. The summed E-state index contributed by atoms with van der Waals surface area (Å²) in [6.07, 6.45) is 0. The third-order valence-electron chi connectivity index (χ3n) is 2.49. The molecule has 0 unspecified atom stereocenters. The third-order valence-corrected chi connectivity index (χ3v) is 2.49. The van der Waals surface area contributed by atoms with Gasteiger partial charge < -0.3 is 9.15 Å². The molecule has 0 spiro atoms. The average Bonchev–Trinajstić information content (AvgIpc) is 2.74. The van der Waals surface area contributed by atoms with E-state index in [9.17, 15) is 4.79 Å². The standard InChI is InChI=1S/C12H14N2O3/c1-2-16-7-9-8-5-3-4-6-10(8)17-11(9)12(15)14-13/h3-6H,2,7,13H2,1H3,(H,14,15). The minimum absolute atomic E-state index is 0.210. The Morgan fingerprint density at radius 2 is 2.24 bits per heavy atom. The van der Waals surface area contributed by atoms with E-state index in [1.165, 1.54) is 0 Å². The lowest BCUT2D eigenvalue weighted by Gasteiger charge is -2.01. The fraction of sp³-hybridized carbons (Fsp3) is 0.250. The molecule has 1 heterocycles. The Bertz CT molecular complexity index is 534. The van der Waals surface area contributed by atoms with Crippen molar-refractivity contribution in [1.82, 2.24) is 5.43 Å². The van der Waals surface area contributed by atoms with Gasteiger partial charge in [-0.25, -0.2) is 5.84 Å². The van der Waals surface area contributed by atoms with Gasteiger partial charge in [-0.15, -0.1) is 0 Å². The summed E-state index contributed by atoms with van der Waals surface area (Å²) in [7, 11) is 0. The van der Waals surface area contributed by atoms with Gasteiger partial charge in [-0.1, -0.05) is 18.2 Å². The Kier molecular flexibility index (Phi) is 3.41. The van der Waals surface area contributed by atoms with Gasteiger partial charge in [0.05, 0.1) is 6.61 Å². The highest BCUT2D eigenvalue weighted by atomic mass is 16.5. The molecule has 1 amide bonds. The number of ether oxygens (including phenoxy) is 1. The number of nitrogen functional groups attached to an aromatic ring is 1. The Morgan fingerprint density at radius 1 is 1.47 bits per heavy atom. The molecule has 0 aliphatic carbocycles. The van der Waals surface area contributed by atoms with Gasteiger partial charge in [0.15, 0.2) is 5.76 Å². The maximum absolute atomic E-state index is 11.6. The number of hydrogen-bond donors (Lipinski definition) is 2. The van der Waals surface area contributed by atoms with Crippen LogP contribution in [0.3, 0.4) is 0 Å². The van der Waals surface area contributed by atoms with Gasteiger partial charge >= 0.3 is 5.91 Å². The van der Waals surface area contributed by atoms with Crippen molar-refractivity contribution < 1.29 is 13.9 Å². The number of nitrogens with one attached hydrogen (secondary N) is 1. The minimum Gasteiger partial charge on any atom is -0.450 e. The first-order valence-corrected chi connectivity index (χ1v) is 5.37. The van der Waals surface area contributed by atoms with E-state index < -0.39 is 5.91 Å². The van der Waals surface area contributed by atoms with E-state index in [0.29, 0.717) is 18.8 Å². The molecule has 1 aromatic carbocycles. The van der Waals surface area contributed by atoms with Crippen molar-refractivity contribution in [2.24, 2.45) is 5.84 Å². The molecule has 0 radical (unpaired) electrons. The maximum atomic E-state index is 11.6. The highest BCUT2D eigenvalue weighted by Crippen LogP contribution is 2.26. The number of fused-ring (bicyclic) bond motifs is 1. The molecule has 5 heteroatoms. The molecule has 3 N–H and O–H groups in total. The van der Waals surface area contributed by atoms with Crippen LogP contribution >= 0.6 is 0 Å². The molecule has 17 heavy (non-hydrogen) atoms.